The van der Waals surface area contributed by atoms with Gasteiger partial charge in [-0.25, -0.2) is 8.78 Å². The molecule has 2 saturated heterocycles. The lowest BCUT2D eigenvalue weighted by Gasteiger charge is -2.30. The average molecular weight is 815 g/mol. The quantitative estimate of drug-likeness (QED) is 0.0594. The molecule has 0 radical (unpaired) electrons. The summed E-state index contributed by atoms with van der Waals surface area (Å²) in [7, 11) is 0. The molecule has 0 aliphatic carbocycles. The van der Waals surface area contributed by atoms with E-state index in [1.807, 2.05) is 0 Å². The zero-order valence-corrected chi connectivity index (χ0v) is 31.6. The van der Waals surface area contributed by atoms with Crippen molar-refractivity contribution in [1.82, 2.24) is 0 Å². The summed E-state index contributed by atoms with van der Waals surface area (Å²) in [6.07, 6.45) is -2.24. The molecule has 2 aromatic rings. The van der Waals surface area contributed by atoms with Gasteiger partial charge in [-0.2, -0.15) is 22.0 Å². The Morgan fingerprint density at radius 1 is 0.607 bits per heavy atom. The van der Waals surface area contributed by atoms with Gasteiger partial charge in [0.05, 0.1) is 39.5 Å². The van der Waals surface area contributed by atoms with E-state index in [0.717, 1.165) is 57.4 Å². The number of benzene rings is 2. The molecule has 1 N–H and O–H groups in total. The van der Waals surface area contributed by atoms with E-state index in [-0.39, 0.29) is 75.3 Å². The van der Waals surface area contributed by atoms with E-state index in [4.69, 9.17) is 42.6 Å². The summed E-state index contributed by atoms with van der Waals surface area (Å²) in [6.45, 7) is 3.62. The van der Waals surface area contributed by atoms with Crippen molar-refractivity contribution in [2.45, 2.75) is 115 Å². The number of hydrogen-bond donors (Lipinski definition) is 1. The van der Waals surface area contributed by atoms with E-state index in [1.165, 1.54) is 18.2 Å². The second-order valence-corrected chi connectivity index (χ2v) is 13.5. The van der Waals surface area contributed by atoms with Gasteiger partial charge in [0.2, 0.25) is 11.6 Å². The number of rotatable bonds is 25. The van der Waals surface area contributed by atoms with Crippen LogP contribution in [0.25, 0.3) is 0 Å². The number of hydrogen-bond acceptors (Lipinski definition) is 10. The SMILES string of the molecule is CCOc1ccc(C2OCC(OCCCCCCCOC(CC(F)(F)F)OCCCCCCCOC3COC(c4ccc(O)c(F)c4F)OC3)CO2)c(F)c1F. The van der Waals surface area contributed by atoms with Crippen LogP contribution in [0, 0.1) is 23.3 Å². The van der Waals surface area contributed by atoms with Crippen LogP contribution in [0.2, 0.25) is 0 Å². The molecule has 2 aromatic carbocycles. The summed E-state index contributed by atoms with van der Waals surface area (Å²) in [4.78, 5) is 0. The van der Waals surface area contributed by atoms with Crippen LogP contribution in [0.1, 0.15) is 101 Å². The fourth-order valence-electron chi connectivity index (χ4n) is 6.01. The predicted octanol–water partition coefficient (Wildman–Crippen LogP) is 9.12. The molecule has 10 nitrogen and oxygen atoms in total. The molecule has 0 spiro atoms. The third kappa shape index (κ3) is 15.5. The molecule has 1 atom stereocenters. The van der Waals surface area contributed by atoms with Crippen LogP contribution in [0.5, 0.6) is 11.5 Å². The molecule has 0 amide bonds. The largest absolute Gasteiger partial charge is 0.505 e. The zero-order chi connectivity index (χ0) is 40.3. The molecule has 2 fully saturated rings. The van der Waals surface area contributed by atoms with Gasteiger partial charge in [0, 0.05) is 37.6 Å². The Balaban J connectivity index is 0.960. The average Bonchev–Trinajstić information content (AvgIpc) is 3.17. The van der Waals surface area contributed by atoms with E-state index in [2.05, 4.69) is 0 Å². The molecule has 2 aliphatic heterocycles. The maximum Gasteiger partial charge on any atom is 0.393 e. The highest BCUT2D eigenvalue weighted by molar-refractivity contribution is 5.32. The van der Waals surface area contributed by atoms with Crippen molar-refractivity contribution in [1.29, 1.82) is 0 Å². The van der Waals surface area contributed by atoms with Gasteiger partial charge >= 0.3 is 6.18 Å². The Morgan fingerprint density at radius 3 is 1.50 bits per heavy atom. The second kappa shape index (κ2) is 24.2. The lowest BCUT2D eigenvalue weighted by atomic mass is 10.1. The van der Waals surface area contributed by atoms with Crippen LogP contribution in [0.4, 0.5) is 30.7 Å². The number of halogens is 7. The Labute approximate surface area is 322 Å². The van der Waals surface area contributed by atoms with Gasteiger partial charge in [0.15, 0.2) is 42.0 Å². The second-order valence-electron chi connectivity index (χ2n) is 13.5. The highest BCUT2D eigenvalue weighted by Crippen LogP contribution is 2.32. The molecule has 0 aromatic heterocycles. The minimum absolute atomic E-state index is 0.0491. The van der Waals surface area contributed by atoms with Crippen molar-refractivity contribution < 1.29 is 78.5 Å². The number of unbranched alkanes of at least 4 members (excludes halogenated alkanes) is 8. The van der Waals surface area contributed by atoms with Crippen LogP contribution >= 0.6 is 0 Å². The Kier molecular flexibility index (Phi) is 19.9. The predicted molar refractivity (Wildman–Crippen MR) is 187 cm³/mol. The fourth-order valence-corrected chi connectivity index (χ4v) is 6.01. The normalized spacial score (nSPS) is 21.0. The van der Waals surface area contributed by atoms with E-state index in [1.54, 1.807) is 6.92 Å². The van der Waals surface area contributed by atoms with Crippen molar-refractivity contribution in [3.8, 4) is 11.5 Å². The van der Waals surface area contributed by atoms with Crippen LogP contribution in [0.3, 0.4) is 0 Å². The molecular weight excluding hydrogens is 761 g/mol. The van der Waals surface area contributed by atoms with Crippen LogP contribution in [0.15, 0.2) is 24.3 Å². The molecule has 318 valence electrons. The Morgan fingerprint density at radius 2 is 1.04 bits per heavy atom. The zero-order valence-electron chi connectivity index (χ0n) is 31.6. The molecule has 0 saturated carbocycles. The molecule has 4 rings (SSSR count). The van der Waals surface area contributed by atoms with E-state index < -0.39 is 60.5 Å². The molecule has 2 heterocycles. The van der Waals surface area contributed by atoms with Crippen molar-refractivity contribution in [2.75, 3.05) is 59.5 Å². The fraction of sp³-hybridized carbons (Fsp3) is 0.692. The first-order valence-electron chi connectivity index (χ1n) is 19.2. The summed E-state index contributed by atoms with van der Waals surface area (Å²) in [5.74, 6) is -5.73. The molecule has 1 unspecified atom stereocenters. The third-order valence-corrected chi connectivity index (χ3v) is 9.00. The number of phenols is 1. The maximum absolute atomic E-state index is 14.5. The van der Waals surface area contributed by atoms with Gasteiger partial charge in [-0.05, 0) is 56.9 Å². The monoisotopic (exact) mass is 814 g/mol. The first-order chi connectivity index (χ1) is 27.0. The van der Waals surface area contributed by atoms with Crippen LogP contribution in [-0.2, 0) is 37.9 Å². The maximum atomic E-state index is 14.5. The summed E-state index contributed by atoms with van der Waals surface area (Å²) in [6, 6.07) is 4.94. The van der Waals surface area contributed by atoms with Crippen molar-refractivity contribution in [3.63, 3.8) is 0 Å². The van der Waals surface area contributed by atoms with Crippen molar-refractivity contribution in [2.24, 2.45) is 0 Å². The topological polar surface area (TPSA) is 103 Å². The molecular formula is C39H53F7O10. The van der Waals surface area contributed by atoms with Gasteiger partial charge < -0.3 is 47.7 Å². The lowest BCUT2D eigenvalue weighted by molar-refractivity contribution is -0.231. The van der Waals surface area contributed by atoms with Crippen molar-refractivity contribution >= 4 is 0 Å². The highest BCUT2D eigenvalue weighted by atomic mass is 19.4. The minimum Gasteiger partial charge on any atom is -0.505 e. The summed E-state index contributed by atoms with van der Waals surface area (Å²) in [5, 5.41) is 9.27. The summed E-state index contributed by atoms with van der Waals surface area (Å²) >= 11 is 0. The standard InChI is InChI=1S/C39H53F7O10/c1-2-48-31-16-14-29(34(41)36(31)43)38-55-24-27(25-56-38)50-18-10-6-4-8-12-20-52-32(21-39(44,45)46)51-19-11-7-3-5-9-17-49-26-22-53-37(54-23-26)28-13-15-30(47)35(42)33(28)40/h13-16,26-27,32,37-38,47H,2-12,17-25H2,1H3. The molecule has 2 aliphatic rings. The van der Waals surface area contributed by atoms with Gasteiger partial charge in [-0.15, -0.1) is 0 Å². The van der Waals surface area contributed by atoms with Gasteiger partial charge in [0.1, 0.15) is 12.2 Å². The highest BCUT2D eigenvalue weighted by Gasteiger charge is 2.33. The Hall–Kier alpha value is -2.77. The number of aromatic hydroxyl groups is 1. The first kappa shape index (κ1) is 45.9. The summed E-state index contributed by atoms with van der Waals surface area (Å²) in [5.41, 5.74) is -0.194. The summed E-state index contributed by atoms with van der Waals surface area (Å²) < 4.78 is 145. The number of ether oxygens (including phenoxy) is 9. The molecule has 56 heavy (non-hydrogen) atoms. The van der Waals surface area contributed by atoms with Gasteiger partial charge in [-0.3, -0.25) is 0 Å². The number of phenolic OH excluding ortho intramolecular Hbond substituents is 1. The first-order valence-corrected chi connectivity index (χ1v) is 19.2. The minimum atomic E-state index is -4.42. The van der Waals surface area contributed by atoms with Crippen LogP contribution < -0.4 is 4.74 Å². The Bertz CT molecular complexity index is 1420. The smallest absolute Gasteiger partial charge is 0.393 e. The van der Waals surface area contributed by atoms with Gasteiger partial charge in [0.25, 0.3) is 0 Å². The van der Waals surface area contributed by atoms with E-state index in [9.17, 15) is 35.8 Å². The van der Waals surface area contributed by atoms with Crippen LogP contribution in [-0.4, -0.2) is 89.2 Å². The lowest BCUT2D eigenvalue weighted by Crippen LogP contribution is -2.34. The van der Waals surface area contributed by atoms with Crippen molar-refractivity contribution in [3.05, 3.63) is 58.7 Å². The van der Waals surface area contributed by atoms with E-state index in [0.29, 0.717) is 26.1 Å². The van der Waals surface area contributed by atoms with E-state index >= 15 is 0 Å². The third-order valence-electron chi connectivity index (χ3n) is 9.00. The molecule has 17 heteroatoms. The van der Waals surface area contributed by atoms with Gasteiger partial charge in [-0.1, -0.05) is 38.5 Å². The number of alkyl halides is 3. The molecule has 0 bridgehead atoms.